The van der Waals surface area contributed by atoms with Crippen LogP contribution in [0.1, 0.15) is 35.2 Å². The van der Waals surface area contributed by atoms with Gasteiger partial charge in [0, 0.05) is 31.5 Å². The Balaban J connectivity index is 1.35. The van der Waals surface area contributed by atoms with Crippen LogP contribution in [0.2, 0.25) is 0 Å². The summed E-state index contributed by atoms with van der Waals surface area (Å²) in [6.07, 6.45) is 2.27. The lowest BCUT2D eigenvalue weighted by Crippen LogP contribution is -3.18. The molecule has 1 aromatic carbocycles. The van der Waals surface area contributed by atoms with E-state index in [1.807, 2.05) is 34.1 Å². The predicted octanol–water partition coefficient (Wildman–Crippen LogP) is -0.663. The molecule has 0 radical (unpaired) electrons. The summed E-state index contributed by atoms with van der Waals surface area (Å²) in [4.78, 5) is 29.8. The van der Waals surface area contributed by atoms with E-state index in [2.05, 4.69) is 0 Å². The van der Waals surface area contributed by atoms with Crippen LogP contribution in [0, 0.1) is 0 Å². The molecule has 7 nitrogen and oxygen atoms in total. The molecule has 152 valence electrons. The molecule has 0 aliphatic carbocycles. The van der Waals surface area contributed by atoms with E-state index < -0.39 is 9.84 Å². The van der Waals surface area contributed by atoms with Gasteiger partial charge in [0.15, 0.2) is 9.84 Å². The summed E-state index contributed by atoms with van der Waals surface area (Å²) in [5, 5.41) is 0. The minimum Gasteiger partial charge on any atom is -0.338 e. The highest BCUT2D eigenvalue weighted by atomic mass is 32.2. The van der Waals surface area contributed by atoms with E-state index >= 15 is 0 Å². The highest BCUT2D eigenvalue weighted by molar-refractivity contribution is 7.91. The first-order chi connectivity index (χ1) is 13.4. The monoisotopic (exact) mass is 406 g/mol. The highest BCUT2D eigenvalue weighted by Gasteiger charge is 2.37. The zero-order valence-corrected chi connectivity index (χ0v) is 16.9. The van der Waals surface area contributed by atoms with E-state index in [9.17, 15) is 18.0 Å². The maximum atomic E-state index is 12.9. The van der Waals surface area contributed by atoms with Gasteiger partial charge >= 0.3 is 0 Å². The fraction of sp³-hybridized carbons (Fsp3) is 0.600. The quantitative estimate of drug-likeness (QED) is 0.720. The summed E-state index contributed by atoms with van der Waals surface area (Å²) in [6, 6.07) is 7.76. The van der Waals surface area contributed by atoms with Gasteiger partial charge in [0.05, 0.1) is 31.9 Å². The second-order valence-corrected chi connectivity index (χ2v) is 10.4. The van der Waals surface area contributed by atoms with E-state index in [4.69, 9.17) is 0 Å². The Labute approximate surface area is 166 Å². The molecule has 4 rings (SSSR count). The van der Waals surface area contributed by atoms with Crippen LogP contribution in [0.3, 0.4) is 0 Å². The standard InChI is InChI=1S/C20H27N3O4S/c24-19-5-2-7-23(19)14-16-3-1-4-17(13-16)20(25)22-10-8-21(9-11-22)18-6-12-28(26,27)15-18/h1,3-4,13,18H,2,5-12,14-15H2/p+1/t18-/m1/s1. The first-order valence-electron chi connectivity index (χ1n) is 10.1. The number of hydrogen-bond donors (Lipinski definition) is 1. The molecule has 0 aromatic heterocycles. The van der Waals surface area contributed by atoms with Crippen LogP contribution < -0.4 is 4.90 Å². The smallest absolute Gasteiger partial charge is 0.254 e. The second kappa shape index (κ2) is 7.83. The zero-order chi connectivity index (χ0) is 19.7. The van der Waals surface area contributed by atoms with Crippen molar-refractivity contribution in [1.82, 2.24) is 9.80 Å². The van der Waals surface area contributed by atoms with Gasteiger partial charge in [0.25, 0.3) is 5.91 Å². The molecule has 0 saturated carbocycles. The van der Waals surface area contributed by atoms with Crippen molar-refractivity contribution >= 4 is 21.7 Å². The molecular weight excluding hydrogens is 378 g/mol. The van der Waals surface area contributed by atoms with Crippen molar-refractivity contribution < 1.29 is 22.9 Å². The number of rotatable bonds is 4. The van der Waals surface area contributed by atoms with E-state index in [0.717, 1.165) is 38.0 Å². The van der Waals surface area contributed by atoms with Crippen molar-refractivity contribution in [3.63, 3.8) is 0 Å². The maximum Gasteiger partial charge on any atom is 0.254 e. The van der Waals surface area contributed by atoms with E-state index in [1.165, 1.54) is 4.90 Å². The molecule has 3 aliphatic rings. The van der Waals surface area contributed by atoms with Crippen LogP contribution in [-0.2, 0) is 21.2 Å². The van der Waals surface area contributed by atoms with Gasteiger partial charge in [0.2, 0.25) is 5.91 Å². The van der Waals surface area contributed by atoms with Gasteiger partial charge in [-0.3, -0.25) is 9.59 Å². The van der Waals surface area contributed by atoms with Crippen molar-refractivity contribution in [2.75, 3.05) is 44.2 Å². The number of quaternary nitrogens is 1. The molecule has 0 unspecified atom stereocenters. The molecule has 0 spiro atoms. The predicted molar refractivity (Wildman–Crippen MR) is 105 cm³/mol. The van der Waals surface area contributed by atoms with Gasteiger partial charge in [-0.25, -0.2) is 8.42 Å². The van der Waals surface area contributed by atoms with Gasteiger partial charge in [-0.1, -0.05) is 12.1 Å². The van der Waals surface area contributed by atoms with Gasteiger partial charge < -0.3 is 14.7 Å². The number of amides is 2. The molecule has 1 aromatic rings. The molecule has 8 heteroatoms. The first-order valence-corrected chi connectivity index (χ1v) is 11.9. The molecule has 3 aliphatic heterocycles. The third-order valence-electron chi connectivity index (χ3n) is 6.22. The largest absolute Gasteiger partial charge is 0.338 e. The minimum absolute atomic E-state index is 0.0210. The van der Waals surface area contributed by atoms with Gasteiger partial charge in [-0.15, -0.1) is 0 Å². The van der Waals surface area contributed by atoms with Gasteiger partial charge in [-0.2, -0.15) is 0 Å². The van der Waals surface area contributed by atoms with Crippen LogP contribution in [0.4, 0.5) is 0 Å². The fourth-order valence-corrected chi connectivity index (χ4v) is 6.42. The lowest BCUT2D eigenvalue weighted by atomic mass is 10.1. The number of carbonyl (C=O) groups excluding carboxylic acids is 2. The normalized spacial score (nSPS) is 25.4. The Hall–Kier alpha value is -1.93. The van der Waals surface area contributed by atoms with E-state index in [1.54, 1.807) is 0 Å². The number of sulfone groups is 1. The van der Waals surface area contributed by atoms with Crippen molar-refractivity contribution in [3.05, 3.63) is 35.4 Å². The molecule has 1 N–H and O–H groups in total. The van der Waals surface area contributed by atoms with Crippen LogP contribution in [0.25, 0.3) is 0 Å². The Morgan fingerprint density at radius 1 is 1.18 bits per heavy atom. The van der Waals surface area contributed by atoms with Crippen LogP contribution in [0.15, 0.2) is 24.3 Å². The number of nitrogens with zero attached hydrogens (tertiary/aromatic N) is 2. The number of benzene rings is 1. The third-order valence-corrected chi connectivity index (χ3v) is 7.99. The molecule has 2 amide bonds. The average Bonchev–Trinajstić information content (AvgIpc) is 3.26. The van der Waals surface area contributed by atoms with Crippen molar-refractivity contribution in [2.45, 2.75) is 31.8 Å². The van der Waals surface area contributed by atoms with Crippen LogP contribution >= 0.6 is 0 Å². The highest BCUT2D eigenvalue weighted by Crippen LogP contribution is 2.16. The van der Waals surface area contributed by atoms with Crippen LogP contribution in [-0.4, -0.2) is 80.3 Å². The summed E-state index contributed by atoms with van der Waals surface area (Å²) < 4.78 is 23.4. The number of carbonyl (C=O) groups is 2. The molecule has 28 heavy (non-hydrogen) atoms. The summed E-state index contributed by atoms with van der Waals surface area (Å²) in [7, 11) is -2.87. The third kappa shape index (κ3) is 4.22. The fourth-order valence-electron chi connectivity index (χ4n) is 4.60. The number of hydrogen-bond acceptors (Lipinski definition) is 4. The van der Waals surface area contributed by atoms with Crippen molar-refractivity contribution in [1.29, 1.82) is 0 Å². The maximum absolute atomic E-state index is 12.9. The Morgan fingerprint density at radius 3 is 2.61 bits per heavy atom. The SMILES string of the molecule is O=C1CCCN1Cc1cccc(C(=O)N2CC[NH+]([C@@H]3CCS(=O)(=O)C3)CC2)c1. The summed E-state index contributed by atoms with van der Waals surface area (Å²) >= 11 is 0. The second-order valence-electron chi connectivity index (χ2n) is 8.17. The number of likely N-dealkylation sites (tertiary alicyclic amines) is 1. The Bertz CT molecular complexity index is 862. The molecular formula is C20H28N3O4S+. The van der Waals surface area contributed by atoms with E-state index in [0.29, 0.717) is 37.4 Å². The average molecular weight is 407 g/mol. The lowest BCUT2D eigenvalue weighted by Gasteiger charge is -2.35. The Kier molecular flexibility index (Phi) is 5.42. The molecule has 3 fully saturated rings. The van der Waals surface area contributed by atoms with Crippen molar-refractivity contribution in [3.8, 4) is 0 Å². The topological polar surface area (TPSA) is 79.2 Å². The molecule has 3 heterocycles. The summed E-state index contributed by atoms with van der Waals surface area (Å²) in [5.74, 6) is 0.793. The minimum atomic E-state index is -2.87. The van der Waals surface area contributed by atoms with Gasteiger partial charge in [0.1, 0.15) is 11.8 Å². The summed E-state index contributed by atoms with van der Waals surface area (Å²) in [6.45, 7) is 4.26. The van der Waals surface area contributed by atoms with E-state index in [-0.39, 0.29) is 23.6 Å². The molecule has 0 bridgehead atoms. The van der Waals surface area contributed by atoms with Crippen molar-refractivity contribution in [2.24, 2.45) is 0 Å². The number of nitrogens with one attached hydrogen (secondary N) is 1. The van der Waals surface area contributed by atoms with Gasteiger partial charge in [-0.05, 0) is 24.1 Å². The first kappa shape index (κ1) is 19.4. The Morgan fingerprint density at radius 2 is 1.96 bits per heavy atom. The molecule has 1 atom stereocenters. The molecule has 3 saturated heterocycles. The summed E-state index contributed by atoms with van der Waals surface area (Å²) in [5.41, 5.74) is 1.65. The zero-order valence-electron chi connectivity index (χ0n) is 16.1. The lowest BCUT2D eigenvalue weighted by molar-refractivity contribution is -0.925. The number of piperazine rings is 1. The van der Waals surface area contributed by atoms with Crippen LogP contribution in [0.5, 0.6) is 0 Å².